The van der Waals surface area contributed by atoms with Crippen LogP contribution in [-0.2, 0) is 0 Å². The van der Waals surface area contributed by atoms with Crippen LogP contribution in [0.15, 0.2) is 6.07 Å². The van der Waals surface area contributed by atoms with Crippen LogP contribution in [-0.4, -0.2) is 25.1 Å². The summed E-state index contributed by atoms with van der Waals surface area (Å²) in [5.74, 6) is 1.16. The topological polar surface area (TPSA) is 52.0 Å². The number of nitrogens with zero attached hydrogens (tertiary/aromatic N) is 3. The first-order valence-electron chi connectivity index (χ1n) is 6.20. The van der Waals surface area contributed by atoms with Crippen molar-refractivity contribution in [2.24, 2.45) is 5.92 Å². The number of aromatic nitrogens is 1. The Hall–Kier alpha value is -1.18. The third-order valence-electron chi connectivity index (χ3n) is 2.58. The fraction of sp³-hybridized carbons (Fsp3) is 0.538. The standard InChI is InChI=1S/C13H18Cl2N4/c1-4-5-17-12-10(14)6-11(15)13(18-12)19(3)8-9(2)7-16/h6,9H,4-5,8H2,1-3H3,(H,17,18). The number of nitrogens with one attached hydrogen (secondary N) is 1. The van der Waals surface area contributed by atoms with Gasteiger partial charge in [0.1, 0.15) is 11.6 Å². The first kappa shape index (κ1) is 15.9. The van der Waals surface area contributed by atoms with E-state index in [1.165, 1.54) is 0 Å². The molecule has 0 amide bonds. The number of anilines is 2. The molecule has 104 valence electrons. The van der Waals surface area contributed by atoms with Crippen molar-refractivity contribution in [3.8, 4) is 6.07 Å². The zero-order valence-electron chi connectivity index (χ0n) is 11.4. The number of pyridine rings is 1. The molecule has 6 heteroatoms. The average Bonchev–Trinajstić information content (AvgIpc) is 2.37. The van der Waals surface area contributed by atoms with E-state index in [4.69, 9.17) is 28.5 Å². The maximum atomic E-state index is 8.85. The van der Waals surface area contributed by atoms with Gasteiger partial charge in [0, 0.05) is 20.1 Å². The second kappa shape index (κ2) is 7.42. The van der Waals surface area contributed by atoms with Crippen molar-refractivity contribution >= 4 is 34.8 Å². The molecule has 1 heterocycles. The summed E-state index contributed by atoms with van der Waals surface area (Å²) in [4.78, 5) is 6.30. The summed E-state index contributed by atoms with van der Waals surface area (Å²) >= 11 is 12.3. The van der Waals surface area contributed by atoms with Crippen molar-refractivity contribution in [3.63, 3.8) is 0 Å². The lowest BCUT2D eigenvalue weighted by Crippen LogP contribution is -2.24. The molecule has 0 aliphatic carbocycles. The van der Waals surface area contributed by atoms with E-state index >= 15 is 0 Å². The summed E-state index contributed by atoms with van der Waals surface area (Å²) in [6, 6.07) is 3.87. The van der Waals surface area contributed by atoms with Gasteiger partial charge in [-0.3, -0.25) is 0 Å². The van der Waals surface area contributed by atoms with Crippen molar-refractivity contribution in [2.75, 3.05) is 30.4 Å². The Labute approximate surface area is 124 Å². The summed E-state index contributed by atoms with van der Waals surface area (Å²) < 4.78 is 0. The molecule has 0 fully saturated rings. The van der Waals surface area contributed by atoms with Crippen molar-refractivity contribution in [1.29, 1.82) is 5.26 Å². The third-order valence-corrected chi connectivity index (χ3v) is 3.15. The minimum absolute atomic E-state index is 0.0920. The maximum absolute atomic E-state index is 8.85. The van der Waals surface area contributed by atoms with Gasteiger partial charge < -0.3 is 10.2 Å². The first-order valence-corrected chi connectivity index (χ1v) is 6.95. The van der Waals surface area contributed by atoms with Gasteiger partial charge in [-0.1, -0.05) is 30.1 Å². The predicted octanol–water partition coefficient (Wildman–Crippen LogP) is 3.81. The van der Waals surface area contributed by atoms with Gasteiger partial charge in [0.2, 0.25) is 0 Å². The molecule has 1 atom stereocenters. The number of hydrogen-bond acceptors (Lipinski definition) is 4. The van der Waals surface area contributed by atoms with Crippen LogP contribution >= 0.6 is 23.2 Å². The summed E-state index contributed by atoms with van der Waals surface area (Å²) in [6.07, 6.45) is 0.983. The Bertz CT molecular complexity index is 470. The average molecular weight is 301 g/mol. The third kappa shape index (κ3) is 4.45. The highest BCUT2D eigenvalue weighted by Gasteiger charge is 2.14. The highest BCUT2D eigenvalue weighted by Crippen LogP contribution is 2.31. The quantitative estimate of drug-likeness (QED) is 0.868. The van der Waals surface area contributed by atoms with Gasteiger partial charge in [-0.05, 0) is 19.4 Å². The second-order valence-corrected chi connectivity index (χ2v) is 5.28. The molecule has 0 saturated heterocycles. The van der Waals surface area contributed by atoms with Crippen molar-refractivity contribution in [2.45, 2.75) is 20.3 Å². The van der Waals surface area contributed by atoms with Crippen LogP contribution in [0.1, 0.15) is 20.3 Å². The molecular formula is C13H18Cl2N4. The molecule has 1 N–H and O–H groups in total. The largest absolute Gasteiger partial charge is 0.369 e. The molecule has 1 unspecified atom stereocenters. The van der Waals surface area contributed by atoms with E-state index in [-0.39, 0.29) is 5.92 Å². The lowest BCUT2D eigenvalue weighted by Gasteiger charge is -2.21. The summed E-state index contributed by atoms with van der Waals surface area (Å²) in [6.45, 7) is 5.29. The molecule has 1 aromatic rings. The van der Waals surface area contributed by atoms with Crippen molar-refractivity contribution < 1.29 is 0 Å². The van der Waals surface area contributed by atoms with E-state index in [1.807, 2.05) is 18.9 Å². The van der Waals surface area contributed by atoms with E-state index < -0.39 is 0 Å². The smallest absolute Gasteiger partial charge is 0.149 e. The van der Waals surface area contributed by atoms with Gasteiger partial charge >= 0.3 is 0 Å². The van der Waals surface area contributed by atoms with Crippen LogP contribution in [0.4, 0.5) is 11.6 Å². The summed E-state index contributed by atoms with van der Waals surface area (Å²) in [7, 11) is 1.86. The Morgan fingerprint density at radius 3 is 2.74 bits per heavy atom. The molecule has 0 aliphatic rings. The van der Waals surface area contributed by atoms with Gasteiger partial charge in [-0.2, -0.15) is 5.26 Å². The second-order valence-electron chi connectivity index (χ2n) is 4.46. The summed E-state index contributed by atoms with van der Waals surface area (Å²) in [5, 5.41) is 13.0. The van der Waals surface area contributed by atoms with Gasteiger partial charge in [-0.25, -0.2) is 4.98 Å². The lowest BCUT2D eigenvalue weighted by molar-refractivity contribution is 0.710. The highest BCUT2D eigenvalue weighted by molar-refractivity contribution is 6.37. The first-order chi connectivity index (χ1) is 8.99. The van der Waals surface area contributed by atoms with Gasteiger partial charge in [-0.15, -0.1) is 0 Å². The molecule has 0 saturated carbocycles. The number of hydrogen-bond donors (Lipinski definition) is 1. The lowest BCUT2D eigenvalue weighted by atomic mass is 10.2. The number of rotatable bonds is 6. The zero-order valence-corrected chi connectivity index (χ0v) is 12.9. The fourth-order valence-electron chi connectivity index (χ4n) is 1.63. The van der Waals surface area contributed by atoms with E-state index in [1.54, 1.807) is 6.07 Å². The Morgan fingerprint density at radius 2 is 2.16 bits per heavy atom. The normalized spacial score (nSPS) is 11.8. The van der Waals surface area contributed by atoms with Crippen LogP contribution < -0.4 is 10.2 Å². The van der Waals surface area contributed by atoms with E-state index in [2.05, 4.69) is 23.3 Å². The van der Waals surface area contributed by atoms with Gasteiger partial charge in [0.05, 0.1) is 22.0 Å². The monoisotopic (exact) mass is 300 g/mol. The number of halogens is 2. The molecule has 4 nitrogen and oxygen atoms in total. The van der Waals surface area contributed by atoms with Crippen LogP contribution in [0.25, 0.3) is 0 Å². The van der Waals surface area contributed by atoms with E-state index in [9.17, 15) is 0 Å². The molecule has 0 bridgehead atoms. The molecule has 0 spiro atoms. The van der Waals surface area contributed by atoms with Crippen LogP contribution in [0.2, 0.25) is 10.0 Å². The van der Waals surface area contributed by atoms with Gasteiger partial charge in [0.25, 0.3) is 0 Å². The Kier molecular flexibility index (Phi) is 6.20. The minimum atomic E-state index is -0.0920. The highest BCUT2D eigenvalue weighted by atomic mass is 35.5. The molecular weight excluding hydrogens is 283 g/mol. The molecule has 1 rings (SSSR count). The molecule has 0 aliphatic heterocycles. The van der Waals surface area contributed by atoms with Crippen molar-refractivity contribution in [1.82, 2.24) is 4.98 Å². The van der Waals surface area contributed by atoms with E-state index in [0.717, 1.165) is 13.0 Å². The van der Waals surface area contributed by atoms with Crippen LogP contribution in [0, 0.1) is 17.2 Å². The minimum Gasteiger partial charge on any atom is -0.369 e. The SMILES string of the molecule is CCCNc1nc(N(C)CC(C)C#N)c(Cl)cc1Cl. The zero-order chi connectivity index (χ0) is 14.4. The fourth-order valence-corrected chi connectivity index (χ4v) is 2.20. The Morgan fingerprint density at radius 1 is 1.47 bits per heavy atom. The van der Waals surface area contributed by atoms with Crippen LogP contribution in [0.3, 0.4) is 0 Å². The van der Waals surface area contributed by atoms with Crippen LogP contribution in [0.5, 0.6) is 0 Å². The maximum Gasteiger partial charge on any atom is 0.149 e. The Balaban J connectivity index is 2.96. The van der Waals surface area contributed by atoms with Gasteiger partial charge in [0.15, 0.2) is 0 Å². The predicted molar refractivity (Wildman–Crippen MR) is 81.1 cm³/mol. The molecule has 1 aromatic heterocycles. The summed E-state index contributed by atoms with van der Waals surface area (Å²) in [5.41, 5.74) is 0. The van der Waals surface area contributed by atoms with E-state index in [0.29, 0.717) is 28.2 Å². The molecule has 0 radical (unpaired) electrons. The molecule has 19 heavy (non-hydrogen) atoms. The van der Waals surface area contributed by atoms with Crippen molar-refractivity contribution in [3.05, 3.63) is 16.1 Å². The number of nitriles is 1. The molecule has 0 aromatic carbocycles.